The predicted octanol–water partition coefficient (Wildman–Crippen LogP) is 5.40. The Morgan fingerprint density at radius 1 is 0.848 bits per heavy atom. The topological polar surface area (TPSA) is 119 Å². The number of hydrogen-bond acceptors (Lipinski definition) is 6. The summed E-state index contributed by atoms with van der Waals surface area (Å²) in [5, 5.41) is 19.3. The number of carbonyl (C=O) groups excluding carboxylic acids is 1. The van der Waals surface area contributed by atoms with Gasteiger partial charge in [0.15, 0.2) is 0 Å². The van der Waals surface area contributed by atoms with Gasteiger partial charge in [-0.05, 0) is 85.7 Å². The molecule has 0 aliphatic heterocycles. The van der Waals surface area contributed by atoms with Crippen LogP contribution in [0.4, 0.5) is 0 Å². The minimum atomic E-state index is -1.18. The molecule has 0 unspecified atom stereocenters. The van der Waals surface area contributed by atoms with Gasteiger partial charge in [-0.1, -0.05) is 6.08 Å². The van der Waals surface area contributed by atoms with Crippen molar-refractivity contribution in [3.05, 3.63) is 61.5 Å². The maximum Gasteiger partial charge on any atom is 0.339 e. The molecule has 0 radical (unpaired) electrons. The van der Waals surface area contributed by atoms with Crippen molar-refractivity contribution in [1.82, 2.24) is 0 Å². The zero-order valence-corrected chi connectivity index (χ0v) is 21.3. The maximum absolute atomic E-state index is 11.8. The molecular formula is C23H22Br2O8. The van der Waals surface area contributed by atoms with Gasteiger partial charge in [-0.25, -0.2) is 9.59 Å². The lowest BCUT2D eigenvalue weighted by molar-refractivity contribution is -0.140. The summed E-state index contributed by atoms with van der Waals surface area (Å²) in [5.74, 6) is -2.37. The largest absolute Gasteiger partial charge is 0.495 e. The molecule has 0 saturated heterocycles. The Morgan fingerprint density at radius 2 is 1.30 bits per heavy atom. The van der Waals surface area contributed by atoms with Gasteiger partial charge in [-0.2, -0.15) is 0 Å². The highest BCUT2D eigenvalue weighted by molar-refractivity contribution is 9.11. The number of carboxylic acid groups (broad SMARTS) is 2. The number of carboxylic acids is 2. The first-order chi connectivity index (χ1) is 15.6. The molecule has 2 N–H and O–H groups in total. The summed E-state index contributed by atoms with van der Waals surface area (Å²) < 4.78 is 15.9. The fourth-order valence-electron chi connectivity index (χ4n) is 3.23. The third-order valence-corrected chi connectivity index (χ3v) is 5.92. The van der Waals surface area contributed by atoms with E-state index in [9.17, 15) is 24.6 Å². The van der Waals surface area contributed by atoms with Crippen LogP contribution < -0.4 is 9.47 Å². The van der Waals surface area contributed by atoms with E-state index in [1.54, 1.807) is 12.1 Å². The fourth-order valence-corrected chi connectivity index (χ4v) is 4.47. The summed E-state index contributed by atoms with van der Waals surface area (Å²) >= 11 is 6.70. The van der Waals surface area contributed by atoms with Crippen molar-refractivity contribution in [2.75, 3.05) is 21.3 Å². The van der Waals surface area contributed by atoms with Gasteiger partial charge in [0.1, 0.15) is 22.6 Å². The molecule has 2 aromatic rings. The zero-order valence-electron chi connectivity index (χ0n) is 18.1. The third-order valence-electron chi connectivity index (χ3n) is 4.74. The monoisotopic (exact) mass is 584 g/mol. The molecule has 0 atom stereocenters. The summed E-state index contributed by atoms with van der Waals surface area (Å²) in [5.41, 5.74) is 1.50. The van der Waals surface area contributed by atoms with Gasteiger partial charge in [0, 0.05) is 6.42 Å². The quantitative estimate of drug-likeness (QED) is 0.281. The maximum atomic E-state index is 11.8. The second kappa shape index (κ2) is 11.9. The van der Waals surface area contributed by atoms with Crippen LogP contribution in [0.2, 0.25) is 0 Å². The third kappa shape index (κ3) is 6.35. The lowest BCUT2D eigenvalue weighted by Gasteiger charge is -2.16. The molecule has 0 aliphatic rings. The van der Waals surface area contributed by atoms with E-state index in [4.69, 9.17) is 9.47 Å². The first-order valence-corrected chi connectivity index (χ1v) is 11.2. The van der Waals surface area contributed by atoms with Crippen LogP contribution >= 0.6 is 31.9 Å². The highest BCUT2D eigenvalue weighted by Gasteiger charge is 2.21. The van der Waals surface area contributed by atoms with Gasteiger partial charge in [0.2, 0.25) is 0 Å². The SMILES string of the molecule is COC(=O)CCCC=C(c1cc(Br)c(OC)c(C(=O)O)c1)c1cc(Br)c(OC)c(C(=O)O)c1. The van der Waals surface area contributed by atoms with Gasteiger partial charge in [-0.15, -0.1) is 0 Å². The molecular weight excluding hydrogens is 564 g/mol. The van der Waals surface area contributed by atoms with Gasteiger partial charge < -0.3 is 24.4 Å². The normalized spacial score (nSPS) is 10.3. The fraction of sp³-hybridized carbons (Fsp3) is 0.261. The number of unbranched alkanes of at least 4 members (excludes halogenated alkanes) is 1. The highest BCUT2D eigenvalue weighted by Crippen LogP contribution is 2.38. The molecule has 0 aliphatic carbocycles. The molecule has 0 saturated carbocycles. The van der Waals surface area contributed by atoms with Crippen LogP contribution in [0.1, 0.15) is 51.1 Å². The summed E-state index contributed by atoms with van der Waals surface area (Å²) in [6.07, 6.45) is 2.98. The van der Waals surface area contributed by atoms with Crippen LogP contribution in [0.15, 0.2) is 39.3 Å². The van der Waals surface area contributed by atoms with Crippen molar-refractivity contribution in [3.63, 3.8) is 0 Å². The summed E-state index contributed by atoms with van der Waals surface area (Å²) in [6.45, 7) is 0. The Balaban J connectivity index is 2.70. The van der Waals surface area contributed by atoms with Gasteiger partial charge in [-0.3, -0.25) is 4.79 Å². The predicted molar refractivity (Wildman–Crippen MR) is 128 cm³/mol. The number of carbonyl (C=O) groups is 3. The molecule has 0 spiro atoms. The summed E-state index contributed by atoms with van der Waals surface area (Å²) in [7, 11) is 4.05. The molecule has 0 aromatic heterocycles. The van der Waals surface area contributed by atoms with Crippen molar-refractivity contribution < 1.29 is 38.8 Å². The van der Waals surface area contributed by atoms with Crippen molar-refractivity contribution in [3.8, 4) is 11.5 Å². The Hall–Kier alpha value is -2.85. The van der Waals surface area contributed by atoms with Crippen molar-refractivity contribution in [1.29, 1.82) is 0 Å². The summed E-state index contributed by atoms with van der Waals surface area (Å²) in [6, 6.07) is 6.29. The van der Waals surface area contributed by atoms with Crippen LogP contribution in [-0.4, -0.2) is 49.5 Å². The van der Waals surface area contributed by atoms with E-state index in [1.807, 2.05) is 6.08 Å². The smallest absolute Gasteiger partial charge is 0.339 e. The Labute approximate surface area is 207 Å². The molecule has 0 fully saturated rings. The number of rotatable bonds is 10. The van der Waals surface area contributed by atoms with Crippen molar-refractivity contribution in [2.45, 2.75) is 19.3 Å². The summed E-state index contributed by atoms with van der Waals surface area (Å²) in [4.78, 5) is 35.1. The highest BCUT2D eigenvalue weighted by atomic mass is 79.9. The Morgan fingerprint density at radius 3 is 1.67 bits per heavy atom. The number of allylic oxidation sites excluding steroid dienone is 1. The number of benzene rings is 2. The molecule has 2 aromatic carbocycles. The number of aromatic carboxylic acids is 2. The molecule has 176 valence electrons. The van der Waals surface area contributed by atoms with Crippen LogP contribution in [0, 0.1) is 0 Å². The number of esters is 1. The number of ether oxygens (including phenoxy) is 3. The first kappa shape index (κ1) is 26.4. The first-order valence-electron chi connectivity index (χ1n) is 9.63. The van der Waals surface area contributed by atoms with E-state index in [-0.39, 0.29) is 35.0 Å². The Kier molecular flexibility index (Phi) is 9.48. The standard InChI is InChI=1S/C23H22Br2O8/c1-31-19(26)7-5-4-6-14(12-8-15(22(27)28)20(32-2)17(24)10-12)13-9-16(23(29)30)21(33-3)18(25)11-13/h6,8-11H,4-5,7H2,1-3H3,(H,27,28)(H,29,30). The van der Waals surface area contributed by atoms with Gasteiger partial charge >= 0.3 is 17.9 Å². The van der Waals surface area contributed by atoms with Crippen molar-refractivity contribution >= 4 is 55.3 Å². The average Bonchev–Trinajstić information content (AvgIpc) is 2.77. The molecule has 2 rings (SSSR count). The van der Waals surface area contributed by atoms with Crippen LogP contribution in [-0.2, 0) is 9.53 Å². The van der Waals surface area contributed by atoms with E-state index in [0.29, 0.717) is 38.5 Å². The van der Waals surface area contributed by atoms with Gasteiger partial charge in [0.05, 0.1) is 30.3 Å². The molecule has 8 nitrogen and oxygen atoms in total. The molecule has 0 heterocycles. The average molecular weight is 586 g/mol. The van der Waals surface area contributed by atoms with Crippen LogP contribution in [0.3, 0.4) is 0 Å². The van der Waals surface area contributed by atoms with E-state index in [2.05, 4.69) is 36.6 Å². The van der Waals surface area contributed by atoms with E-state index < -0.39 is 11.9 Å². The molecule has 0 amide bonds. The van der Waals surface area contributed by atoms with E-state index in [0.717, 1.165) is 0 Å². The Bertz CT molecular complexity index is 1030. The minimum absolute atomic E-state index is 0.0617. The number of halogens is 2. The number of methoxy groups -OCH3 is 3. The molecule has 10 heteroatoms. The lowest BCUT2D eigenvalue weighted by Crippen LogP contribution is -2.05. The van der Waals surface area contributed by atoms with E-state index >= 15 is 0 Å². The lowest BCUT2D eigenvalue weighted by atomic mass is 9.93. The molecule has 33 heavy (non-hydrogen) atoms. The zero-order chi connectivity index (χ0) is 24.7. The second-order valence-corrected chi connectivity index (χ2v) is 8.48. The minimum Gasteiger partial charge on any atom is -0.495 e. The van der Waals surface area contributed by atoms with E-state index in [1.165, 1.54) is 33.5 Å². The van der Waals surface area contributed by atoms with Crippen LogP contribution in [0.5, 0.6) is 11.5 Å². The molecule has 0 bridgehead atoms. The van der Waals surface area contributed by atoms with Gasteiger partial charge in [0.25, 0.3) is 0 Å². The van der Waals surface area contributed by atoms with Crippen LogP contribution in [0.25, 0.3) is 5.57 Å². The number of hydrogen-bond donors (Lipinski definition) is 2. The second-order valence-electron chi connectivity index (χ2n) is 6.77. The van der Waals surface area contributed by atoms with Crippen molar-refractivity contribution in [2.24, 2.45) is 0 Å².